The van der Waals surface area contributed by atoms with Gasteiger partial charge in [-0.2, -0.15) is 0 Å². The van der Waals surface area contributed by atoms with Gasteiger partial charge in [0.2, 0.25) is 53.2 Å². The van der Waals surface area contributed by atoms with E-state index in [0.717, 1.165) is 42.7 Å². The van der Waals surface area contributed by atoms with Crippen LogP contribution in [0.15, 0.2) is 42.5 Å². The van der Waals surface area contributed by atoms with E-state index in [9.17, 15) is 56.7 Å². The Balaban J connectivity index is 1.11. The van der Waals surface area contributed by atoms with Crippen molar-refractivity contribution in [2.24, 2.45) is 5.92 Å². The number of hydrogen-bond acceptors (Lipinski definition) is 13. The lowest BCUT2D eigenvalue weighted by Crippen LogP contribution is -2.64. The van der Waals surface area contributed by atoms with Crippen molar-refractivity contribution in [3.63, 3.8) is 0 Å². The van der Waals surface area contributed by atoms with E-state index in [1.807, 2.05) is 32.8 Å². The molecule has 3 aromatic rings. The first kappa shape index (κ1) is 62.7. The van der Waals surface area contributed by atoms with E-state index in [0.29, 0.717) is 28.2 Å². The first-order valence-electron chi connectivity index (χ1n) is 26.4. The second-order valence-corrected chi connectivity index (χ2v) is 23.7. The Labute approximate surface area is 462 Å². The predicted molar refractivity (Wildman–Crippen MR) is 291 cm³/mol. The summed E-state index contributed by atoms with van der Waals surface area (Å²) in [6.07, 6.45) is 3.52. The molecule has 25 heteroatoms. The van der Waals surface area contributed by atoms with Crippen LogP contribution in [0.1, 0.15) is 116 Å². The molecule has 0 bridgehead atoms. The van der Waals surface area contributed by atoms with Gasteiger partial charge < -0.3 is 57.7 Å². The Morgan fingerprint density at radius 3 is 1.97 bits per heavy atom. The zero-order valence-electron chi connectivity index (χ0n) is 46.6. The molecule has 432 valence electrons. The van der Waals surface area contributed by atoms with Crippen LogP contribution in [0.3, 0.4) is 0 Å². The summed E-state index contributed by atoms with van der Waals surface area (Å²) in [6, 6.07) is 5.37. The molecule has 2 aromatic carbocycles. The van der Waals surface area contributed by atoms with Gasteiger partial charge in [0.15, 0.2) is 0 Å². The molecule has 2 aliphatic rings. The van der Waals surface area contributed by atoms with Gasteiger partial charge in [0.25, 0.3) is 5.91 Å². The van der Waals surface area contributed by atoms with Gasteiger partial charge in [0.1, 0.15) is 46.4 Å². The predicted octanol–water partition coefficient (Wildman–Crippen LogP) is 1.46. The van der Waals surface area contributed by atoms with Gasteiger partial charge in [-0.15, -0.1) is 11.3 Å². The van der Waals surface area contributed by atoms with E-state index >= 15 is 0 Å². The number of hydrogen-bond donors (Lipinski definition) is 9. The number of fused-ring (bicyclic) bond motifs is 1. The number of amides is 10. The minimum atomic E-state index is -1.66. The molecular formula is C54H76F2N12O10S. The molecule has 1 aromatic heterocycles. The molecule has 2 heterocycles. The summed E-state index contributed by atoms with van der Waals surface area (Å²) in [6.45, 7) is 11.8. The van der Waals surface area contributed by atoms with E-state index in [1.165, 1.54) is 76.8 Å². The van der Waals surface area contributed by atoms with Crippen molar-refractivity contribution in [1.82, 2.24) is 62.6 Å². The van der Waals surface area contributed by atoms with E-state index in [2.05, 4.69) is 52.8 Å². The molecule has 5 rings (SSSR count). The van der Waals surface area contributed by atoms with Crippen molar-refractivity contribution in [3.8, 4) is 0 Å². The average Bonchev–Trinajstić information content (AvgIpc) is 4.01. The highest BCUT2D eigenvalue weighted by molar-refractivity contribution is 7.18. The Morgan fingerprint density at radius 1 is 0.722 bits per heavy atom. The standard InChI is InChI=1S/C54H76F2N12O10S/c1-31(2)25-36(45(73)65-53(7,8)50(78)66-52(5,6)48(76)57-23-20-40(69)64-54(21-12-22-54)30-67(9)10)60-41(70)28-59-49(77)51(3,4)63-42(71)29-58-44(72)37(27-43-61-35-19-18-34(56)26-39(35)79-43)62-46(74)38-13-11-24-68(38)47(75)32-14-16-33(55)17-15-32/h14-19,26,31,36-38H,11-13,20-25,27-30H2,1-10H3,(H,57,76)(H,58,72)(H,59,77)(H,60,70)(H,62,74)(H,63,71)(H,64,69)(H,65,73)(H,66,78). The van der Waals surface area contributed by atoms with Crippen molar-refractivity contribution in [3.05, 3.63) is 64.7 Å². The third kappa shape index (κ3) is 17.9. The van der Waals surface area contributed by atoms with Gasteiger partial charge in [-0.3, -0.25) is 47.9 Å². The van der Waals surface area contributed by atoms with Gasteiger partial charge in [0, 0.05) is 38.0 Å². The van der Waals surface area contributed by atoms with E-state index in [4.69, 9.17) is 0 Å². The molecule has 1 aliphatic heterocycles. The maximum Gasteiger partial charge on any atom is 0.254 e. The molecular weight excluding hydrogens is 1050 g/mol. The maximum absolute atomic E-state index is 14.0. The average molecular weight is 1120 g/mol. The second kappa shape index (κ2) is 26.7. The minimum Gasteiger partial charge on any atom is -0.354 e. The molecule has 0 radical (unpaired) electrons. The minimum absolute atomic E-state index is 0.0333. The molecule has 1 saturated carbocycles. The number of aromatic nitrogens is 1. The van der Waals surface area contributed by atoms with Crippen LogP contribution in [-0.2, 0) is 49.6 Å². The van der Waals surface area contributed by atoms with E-state index < -0.39 is 113 Å². The van der Waals surface area contributed by atoms with Crippen molar-refractivity contribution in [2.45, 2.75) is 147 Å². The summed E-state index contributed by atoms with van der Waals surface area (Å²) in [7, 11) is 3.88. The number of likely N-dealkylation sites (N-methyl/N-ethyl adjacent to an activating group) is 1. The third-order valence-corrected chi connectivity index (χ3v) is 14.5. The summed E-state index contributed by atoms with van der Waals surface area (Å²) in [5.41, 5.74) is -4.36. The fourth-order valence-corrected chi connectivity index (χ4v) is 10.2. The van der Waals surface area contributed by atoms with Crippen molar-refractivity contribution in [2.75, 3.05) is 46.8 Å². The van der Waals surface area contributed by atoms with Gasteiger partial charge in [-0.05, 0) is 143 Å². The summed E-state index contributed by atoms with van der Waals surface area (Å²) in [5.74, 6) is -7.73. The number of benzene rings is 2. The van der Waals surface area contributed by atoms with Crippen LogP contribution in [0.5, 0.6) is 0 Å². The van der Waals surface area contributed by atoms with Gasteiger partial charge >= 0.3 is 0 Å². The Kier molecular flexibility index (Phi) is 21.2. The summed E-state index contributed by atoms with van der Waals surface area (Å²) in [4.78, 5) is 142. The number of nitrogens with one attached hydrogen (secondary N) is 9. The van der Waals surface area contributed by atoms with Crippen LogP contribution in [0.25, 0.3) is 10.2 Å². The Hall–Kier alpha value is -7.15. The summed E-state index contributed by atoms with van der Waals surface area (Å²) in [5, 5.41) is 24.1. The van der Waals surface area contributed by atoms with Crippen molar-refractivity contribution in [1.29, 1.82) is 0 Å². The van der Waals surface area contributed by atoms with Crippen LogP contribution in [0.4, 0.5) is 8.78 Å². The summed E-state index contributed by atoms with van der Waals surface area (Å²) >= 11 is 1.10. The Morgan fingerprint density at radius 2 is 1.34 bits per heavy atom. The van der Waals surface area contributed by atoms with Crippen LogP contribution in [-0.4, -0.2) is 161 Å². The van der Waals surface area contributed by atoms with Gasteiger partial charge in [-0.25, -0.2) is 13.8 Å². The molecule has 22 nitrogen and oxygen atoms in total. The largest absolute Gasteiger partial charge is 0.354 e. The molecule has 1 saturated heterocycles. The van der Waals surface area contributed by atoms with E-state index in [1.54, 1.807) is 0 Å². The highest BCUT2D eigenvalue weighted by Gasteiger charge is 2.41. The number of carbonyl (C=O) groups is 10. The van der Waals surface area contributed by atoms with Crippen LogP contribution in [0, 0.1) is 17.6 Å². The highest BCUT2D eigenvalue weighted by atomic mass is 32.1. The smallest absolute Gasteiger partial charge is 0.254 e. The number of thiazole rings is 1. The lowest BCUT2D eigenvalue weighted by Gasteiger charge is -2.44. The number of nitrogens with zero attached hydrogens (tertiary/aromatic N) is 3. The van der Waals surface area contributed by atoms with Crippen molar-refractivity contribution < 1.29 is 56.7 Å². The zero-order chi connectivity index (χ0) is 58.6. The molecule has 0 spiro atoms. The summed E-state index contributed by atoms with van der Waals surface area (Å²) < 4.78 is 28.1. The lowest BCUT2D eigenvalue weighted by molar-refractivity contribution is -0.138. The molecule has 1 aliphatic carbocycles. The molecule has 9 N–H and O–H groups in total. The molecule has 2 fully saturated rings. The molecule has 3 atom stereocenters. The Bertz CT molecular complexity index is 2760. The van der Waals surface area contributed by atoms with Crippen molar-refractivity contribution >= 4 is 80.6 Å². The fourth-order valence-electron chi connectivity index (χ4n) is 9.14. The molecule has 3 unspecified atom stereocenters. The van der Waals surface area contributed by atoms with E-state index in [-0.39, 0.29) is 61.7 Å². The number of halogens is 2. The monoisotopic (exact) mass is 1120 g/mol. The highest BCUT2D eigenvalue weighted by Crippen LogP contribution is 2.32. The lowest BCUT2D eigenvalue weighted by atomic mass is 9.76. The molecule has 79 heavy (non-hydrogen) atoms. The maximum atomic E-state index is 14.0. The first-order chi connectivity index (χ1) is 36.9. The third-order valence-electron chi connectivity index (χ3n) is 13.5. The number of likely N-dealkylation sites (tertiary alicyclic amines) is 1. The zero-order valence-corrected chi connectivity index (χ0v) is 47.4. The quantitative estimate of drug-likeness (QED) is 0.0553. The molecule has 10 amide bonds. The van der Waals surface area contributed by atoms with Crippen LogP contribution in [0.2, 0.25) is 0 Å². The number of rotatable bonds is 26. The second-order valence-electron chi connectivity index (χ2n) is 22.6. The van der Waals surface area contributed by atoms with Crippen LogP contribution < -0.4 is 47.9 Å². The topological polar surface area (TPSA) is 298 Å². The number of carbonyl (C=O) groups excluding carboxylic acids is 10. The van der Waals surface area contributed by atoms with Gasteiger partial charge in [0.05, 0.1) is 33.9 Å². The fraction of sp³-hybridized carbons (Fsp3) is 0.574. The van der Waals surface area contributed by atoms with Gasteiger partial charge in [-0.1, -0.05) is 13.8 Å². The van der Waals surface area contributed by atoms with Crippen LogP contribution >= 0.6 is 11.3 Å². The SMILES string of the molecule is CC(C)CC(NC(=O)CNC(=O)C(C)(C)NC(=O)CNC(=O)C(Cc1nc2ccc(F)cc2s1)NC(=O)C1CCCN1C(=O)c1ccc(F)cc1)C(=O)NC(C)(C)C(=O)NC(C)(C)C(=O)NCCC(=O)NC1(CN(C)C)CCC1. The normalized spacial score (nSPS) is 16.0. The first-order valence-corrected chi connectivity index (χ1v) is 27.2.